The van der Waals surface area contributed by atoms with E-state index in [2.05, 4.69) is 29.3 Å². The Balaban J connectivity index is 1.80. The number of nitrogens with zero attached hydrogens (tertiary/aromatic N) is 1. The molecule has 1 aromatic carbocycles. The van der Waals surface area contributed by atoms with Gasteiger partial charge in [-0.2, -0.15) is 0 Å². The van der Waals surface area contributed by atoms with E-state index < -0.39 is 0 Å². The maximum absolute atomic E-state index is 5.97. The first-order valence-electron chi connectivity index (χ1n) is 6.34. The van der Waals surface area contributed by atoms with E-state index in [0.29, 0.717) is 6.04 Å². The smallest absolute Gasteiger partial charge is 0.154 e. The lowest BCUT2D eigenvalue weighted by Gasteiger charge is -2.18. The maximum atomic E-state index is 5.97. The highest BCUT2D eigenvalue weighted by molar-refractivity contribution is 8.13. The lowest BCUT2D eigenvalue weighted by Crippen LogP contribution is -2.16. The van der Waals surface area contributed by atoms with Gasteiger partial charge in [0.05, 0.1) is 6.04 Å². The van der Waals surface area contributed by atoms with Gasteiger partial charge in [-0.1, -0.05) is 61.4 Å². The Bertz CT molecular complexity index is 356. The van der Waals surface area contributed by atoms with Crippen LogP contribution in [0.4, 0.5) is 0 Å². The van der Waals surface area contributed by atoms with Gasteiger partial charge in [-0.3, -0.25) is 4.99 Å². The third kappa shape index (κ3) is 4.43. The average Bonchev–Trinajstić information content (AvgIpc) is 2.39. The van der Waals surface area contributed by atoms with Crippen molar-refractivity contribution in [2.24, 2.45) is 10.7 Å². The summed E-state index contributed by atoms with van der Waals surface area (Å²) in [6.45, 7) is 0. The van der Waals surface area contributed by atoms with Crippen LogP contribution in [-0.2, 0) is 5.75 Å². The summed E-state index contributed by atoms with van der Waals surface area (Å²) >= 11 is 1.65. The van der Waals surface area contributed by atoms with E-state index in [4.69, 9.17) is 5.73 Å². The molecule has 3 heteroatoms. The van der Waals surface area contributed by atoms with Crippen molar-refractivity contribution in [3.8, 4) is 0 Å². The molecule has 0 saturated heterocycles. The highest BCUT2D eigenvalue weighted by atomic mass is 32.2. The fourth-order valence-electron chi connectivity index (χ4n) is 2.16. The lowest BCUT2D eigenvalue weighted by atomic mass is 9.96. The fraction of sp³-hybridized carbons (Fsp3) is 0.500. The number of aliphatic imine (C=N–C) groups is 1. The molecular weight excluding hydrogens is 228 g/mol. The molecule has 1 aromatic rings. The van der Waals surface area contributed by atoms with Crippen molar-refractivity contribution in [3.63, 3.8) is 0 Å². The van der Waals surface area contributed by atoms with Crippen LogP contribution in [-0.4, -0.2) is 11.2 Å². The summed E-state index contributed by atoms with van der Waals surface area (Å²) < 4.78 is 0. The van der Waals surface area contributed by atoms with E-state index in [-0.39, 0.29) is 0 Å². The van der Waals surface area contributed by atoms with Crippen LogP contribution in [0.5, 0.6) is 0 Å². The highest BCUT2D eigenvalue weighted by Crippen LogP contribution is 2.21. The van der Waals surface area contributed by atoms with Crippen LogP contribution in [0.3, 0.4) is 0 Å². The first-order chi connectivity index (χ1) is 8.34. The van der Waals surface area contributed by atoms with Gasteiger partial charge in [0.25, 0.3) is 0 Å². The van der Waals surface area contributed by atoms with Crippen LogP contribution in [0.2, 0.25) is 0 Å². The molecule has 0 aliphatic heterocycles. The van der Waals surface area contributed by atoms with E-state index >= 15 is 0 Å². The molecule has 0 bridgehead atoms. The number of amidine groups is 1. The molecule has 17 heavy (non-hydrogen) atoms. The van der Waals surface area contributed by atoms with Gasteiger partial charge in [0.2, 0.25) is 0 Å². The second-order valence-electron chi connectivity index (χ2n) is 4.53. The minimum absolute atomic E-state index is 0.479. The molecule has 1 aliphatic rings. The van der Waals surface area contributed by atoms with Gasteiger partial charge < -0.3 is 5.73 Å². The first kappa shape index (κ1) is 12.5. The fourth-order valence-corrected chi connectivity index (χ4v) is 2.89. The summed E-state index contributed by atoms with van der Waals surface area (Å²) in [5, 5.41) is 0.751. The SMILES string of the molecule is N/C(=N\C1CCCCC1)SCc1ccccc1. The molecule has 2 N–H and O–H groups in total. The molecule has 0 radical (unpaired) electrons. The van der Waals surface area contributed by atoms with E-state index in [1.54, 1.807) is 11.8 Å². The van der Waals surface area contributed by atoms with Gasteiger partial charge in [0, 0.05) is 5.75 Å². The number of thioether (sulfide) groups is 1. The molecule has 92 valence electrons. The Kier molecular flexibility index (Phi) is 4.92. The molecule has 1 fully saturated rings. The van der Waals surface area contributed by atoms with Gasteiger partial charge in [-0.25, -0.2) is 0 Å². The largest absolute Gasteiger partial charge is 0.379 e. The molecule has 0 unspecified atom stereocenters. The number of hydrogen-bond acceptors (Lipinski definition) is 2. The molecule has 0 amide bonds. The Morgan fingerprint density at radius 1 is 1.18 bits per heavy atom. The number of benzene rings is 1. The van der Waals surface area contributed by atoms with E-state index in [1.807, 2.05) is 6.07 Å². The average molecular weight is 248 g/mol. The van der Waals surface area contributed by atoms with Crippen molar-refractivity contribution in [1.82, 2.24) is 0 Å². The molecule has 2 nitrogen and oxygen atoms in total. The molecule has 0 aromatic heterocycles. The summed E-state index contributed by atoms with van der Waals surface area (Å²) in [4.78, 5) is 4.61. The van der Waals surface area contributed by atoms with Crippen LogP contribution in [0, 0.1) is 0 Å². The molecule has 2 rings (SSSR count). The molecule has 1 saturated carbocycles. The monoisotopic (exact) mass is 248 g/mol. The van der Waals surface area contributed by atoms with Gasteiger partial charge in [0.1, 0.15) is 0 Å². The third-order valence-corrected chi connectivity index (χ3v) is 3.99. The maximum Gasteiger partial charge on any atom is 0.154 e. The molecule has 1 aliphatic carbocycles. The Morgan fingerprint density at radius 2 is 1.88 bits per heavy atom. The summed E-state index contributed by atoms with van der Waals surface area (Å²) in [6.07, 6.45) is 6.41. The highest BCUT2D eigenvalue weighted by Gasteiger charge is 2.12. The predicted molar refractivity (Wildman–Crippen MR) is 76.2 cm³/mol. The van der Waals surface area contributed by atoms with Gasteiger partial charge in [-0.15, -0.1) is 0 Å². The quantitative estimate of drug-likeness (QED) is 0.656. The standard InChI is InChI=1S/C14H20N2S/c15-14(16-13-9-5-2-6-10-13)17-11-12-7-3-1-4-8-12/h1,3-4,7-8,13H,2,5-6,9-11H2,(H2,15,16). The van der Waals surface area contributed by atoms with Crippen LogP contribution in [0.15, 0.2) is 35.3 Å². The van der Waals surface area contributed by atoms with Crippen molar-refractivity contribution >= 4 is 16.9 Å². The van der Waals surface area contributed by atoms with Gasteiger partial charge in [-0.05, 0) is 18.4 Å². The van der Waals surface area contributed by atoms with E-state index in [0.717, 1.165) is 10.9 Å². The van der Waals surface area contributed by atoms with Gasteiger partial charge >= 0.3 is 0 Å². The summed E-state index contributed by atoms with van der Waals surface area (Å²) in [7, 11) is 0. The number of hydrogen-bond donors (Lipinski definition) is 1. The Hall–Kier alpha value is -0.960. The van der Waals surface area contributed by atoms with Crippen LogP contribution in [0.1, 0.15) is 37.7 Å². The normalized spacial score (nSPS) is 18.2. The predicted octanol–water partition coefficient (Wildman–Crippen LogP) is 3.57. The molecule has 0 atom stereocenters. The lowest BCUT2D eigenvalue weighted by molar-refractivity contribution is 0.444. The van der Waals surface area contributed by atoms with Crippen molar-refractivity contribution < 1.29 is 0 Å². The van der Waals surface area contributed by atoms with Crippen molar-refractivity contribution in [2.45, 2.75) is 43.9 Å². The second kappa shape index (κ2) is 6.70. The molecule has 0 heterocycles. The first-order valence-corrected chi connectivity index (χ1v) is 7.33. The zero-order valence-electron chi connectivity index (χ0n) is 10.1. The van der Waals surface area contributed by atoms with Crippen molar-refractivity contribution in [2.75, 3.05) is 0 Å². The van der Waals surface area contributed by atoms with E-state index in [1.165, 1.54) is 37.7 Å². The summed E-state index contributed by atoms with van der Waals surface area (Å²) in [5.74, 6) is 0.920. The van der Waals surface area contributed by atoms with E-state index in [9.17, 15) is 0 Å². The minimum Gasteiger partial charge on any atom is -0.379 e. The second-order valence-corrected chi connectivity index (χ2v) is 5.53. The van der Waals surface area contributed by atoms with Crippen LogP contribution in [0.25, 0.3) is 0 Å². The van der Waals surface area contributed by atoms with Crippen LogP contribution >= 0.6 is 11.8 Å². The third-order valence-electron chi connectivity index (χ3n) is 3.11. The zero-order chi connectivity index (χ0) is 11.9. The van der Waals surface area contributed by atoms with Crippen LogP contribution < -0.4 is 5.73 Å². The number of nitrogens with two attached hydrogens (primary N) is 1. The zero-order valence-corrected chi connectivity index (χ0v) is 11.0. The summed E-state index contributed by atoms with van der Waals surface area (Å²) in [6, 6.07) is 10.9. The Labute approximate surface area is 108 Å². The van der Waals surface area contributed by atoms with Crippen molar-refractivity contribution in [1.29, 1.82) is 0 Å². The van der Waals surface area contributed by atoms with Crippen molar-refractivity contribution in [3.05, 3.63) is 35.9 Å². The topological polar surface area (TPSA) is 38.4 Å². The minimum atomic E-state index is 0.479. The molecule has 0 spiro atoms. The molecular formula is C14H20N2S. The summed E-state index contributed by atoms with van der Waals surface area (Å²) in [5.41, 5.74) is 7.27. The van der Waals surface area contributed by atoms with Gasteiger partial charge in [0.15, 0.2) is 5.17 Å². The Morgan fingerprint density at radius 3 is 2.59 bits per heavy atom. The number of rotatable bonds is 3.